The summed E-state index contributed by atoms with van der Waals surface area (Å²) in [7, 11) is -9.92. The molecule has 0 aromatic carbocycles. The van der Waals surface area contributed by atoms with Crippen molar-refractivity contribution in [1.29, 1.82) is 0 Å². The Balaban J connectivity index is 5.25. The van der Waals surface area contributed by atoms with Gasteiger partial charge < -0.3 is 33.8 Å². The lowest BCUT2D eigenvalue weighted by atomic mass is 10.0. The van der Waals surface area contributed by atoms with Gasteiger partial charge in [-0.05, 0) is 37.5 Å². The quantitative estimate of drug-likeness (QED) is 0.0222. The molecule has 100 heavy (non-hydrogen) atoms. The molecule has 0 fully saturated rings. The lowest BCUT2D eigenvalue weighted by Gasteiger charge is -2.21. The molecule has 0 saturated heterocycles. The average molecular weight is 1470 g/mol. The number of esters is 4. The molecule has 0 aromatic heterocycles. The summed E-state index contributed by atoms with van der Waals surface area (Å²) in [5, 5.41) is 10.6. The van der Waals surface area contributed by atoms with Crippen LogP contribution in [0, 0.1) is 11.8 Å². The number of unbranched alkanes of at least 4 members (excludes halogenated alkanes) is 50. The van der Waals surface area contributed by atoms with E-state index in [4.69, 9.17) is 37.0 Å². The Kier molecular flexibility index (Phi) is 71.2. The van der Waals surface area contributed by atoms with Crippen molar-refractivity contribution in [2.75, 3.05) is 39.6 Å². The third-order valence-electron chi connectivity index (χ3n) is 19.0. The Morgan fingerprint density at radius 1 is 0.270 bits per heavy atom. The molecule has 0 heterocycles. The summed E-state index contributed by atoms with van der Waals surface area (Å²) in [5.41, 5.74) is 0. The molecule has 0 aliphatic carbocycles. The summed E-state index contributed by atoms with van der Waals surface area (Å²) in [6, 6.07) is 0. The maximum Gasteiger partial charge on any atom is 0.472 e. The van der Waals surface area contributed by atoms with Crippen LogP contribution in [0.4, 0.5) is 0 Å². The number of phosphoric acid groups is 2. The molecule has 19 heteroatoms. The van der Waals surface area contributed by atoms with Crippen LogP contribution < -0.4 is 0 Å². The van der Waals surface area contributed by atoms with E-state index in [-0.39, 0.29) is 25.7 Å². The van der Waals surface area contributed by atoms with Crippen molar-refractivity contribution in [2.24, 2.45) is 11.8 Å². The molecule has 5 atom stereocenters. The third-order valence-corrected chi connectivity index (χ3v) is 20.9. The number of rotatable bonds is 80. The summed E-state index contributed by atoms with van der Waals surface area (Å²) in [5.74, 6) is -0.539. The first-order valence-electron chi connectivity index (χ1n) is 42.0. The van der Waals surface area contributed by atoms with Gasteiger partial charge in [0.2, 0.25) is 0 Å². The minimum Gasteiger partial charge on any atom is -0.462 e. The fourth-order valence-electron chi connectivity index (χ4n) is 12.5. The van der Waals surface area contributed by atoms with Crippen LogP contribution in [0.3, 0.4) is 0 Å². The second-order valence-corrected chi connectivity index (χ2v) is 33.0. The second kappa shape index (κ2) is 72.6. The summed E-state index contributed by atoms with van der Waals surface area (Å²) in [6.45, 7) is 9.66. The largest absolute Gasteiger partial charge is 0.472 e. The van der Waals surface area contributed by atoms with Crippen LogP contribution in [0.5, 0.6) is 0 Å². The molecule has 0 radical (unpaired) electrons. The molecule has 0 bridgehead atoms. The van der Waals surface area contributed by atoms with Gasteiger partial charge in [-0.25, -0.2) is 9.13 Å². The first kappa shape index (κ1) is 98.1. The Bertz CT molecular complexity index is 1920. The van der Waals surface area contributed by atoms with Crippen molar-refractivity contribution in [3.8, 4) is 0 Å². The van der Waals surface area contributed by atoms with Gasteiger partial charge in [-0.15, -0.1) is 0 Å². The van der Waals surface area contributed by atoms with E-state index in [1.165, 1.54) is 244 Å². The highest BCUT2D eigenvalue weighted by Gasteiger charge is 2.30. The average Bonchev–Trinajstić information content (AvgIpc) is 1.04. The van der Waals surface area contributed by atoms with Crippen LogP contribution in [0.1, 0.15) is 427 Å². The van der Waals surface area contributed by atoms with Crippen LogP contribution in [-0.2, 0) is 65.4 Å². The molecule has 0 saturated carbocycles. The maximum atomic E-state index is 13.1. The molecular formula is C81H158O17P2. The van der Waals surface area contributed by atoms with Gasteiger partial charge in [-0.3, -0.25) is 37.3 Å². The first-order valence-corrected chi connectivity index (χ1v) is 45.0. The van der Waals surface area contributed by atoms with Crippen LogP contribution in [0.25, 0.3) is 0 Å². The van der Waals surface area contributed by atoms with Gasteiger partial charge >= 0.3 is 39.5 Å². The Morgan fingerprint density at radius 2 is 0.460 bits per heavy atom. The predicted octanol–water partition coefficient (Wildman–Crippen LogP) is 24.3. The molecule has 0 amide bonds. The van der Waals surface area contributed by atoms with Gasteiger partial charge in [0.15, 0.2) is 12.2 Å². The van der Waals surface area contributed by atoms with Crippen molar-refractivity contribution in [3.63, 3.8) is 0 Å². The molecule has 594 valence electrons. The van der Waals surface area contributed by atoms with E-state index in [2.05, 4.69) is 41.5 Å². The zero-order chi connectivity index (χ0) is 73.5. The van der Waals surface area contributed by atoms with Gasteiger partial charge in [0.25, 0.3) is 0 Å². The predicted molar refractivity (Wildman–Crippen MR) is 409 cm³/mol. The first-order chi connectivity index (χ1) is 48.4. The fourth-order valence-corrected chi connectivity index (χ4v) is 14.1. The van der Waals surface area contributed by atoms with Crippen LogP contribution in [0.15, 0.2) is 0 Å². The number of carbonyl (C=O) groups excluding carboxylic acids is 4. The highest BCUT2D eigenvalue weighted by atomic mass is 31.2. The number of hydrogen-bond acceptors (Lipinski definition) is 15. The Labute approximate surface area is 613 Å². The molecular weight excluding hydrogens is 1310 g/mol. The number of aliphatic hydroxyl groups excluding tert-OH is 1. The summed E-state index contributed by atoms with van der Waals surface area (Å²) in [6.07, 6.45) is 62.3. The van der Waals surface area contributed by atoms with Gasteiger partial charge in [0.1, 0.15) is 19.3 Å². The topological polar surface area (TPSA) is 237 Å². The van der Waals surface area contributed by atoms with E-state index in [0.717, 1.165) is 102 Å². The number of phosphoric ester groups is 2. The Hall–Kier alpha value is -1.94. The van der Waals surface area contributed by atoms with Crippen LogP contribution in [-0.4, -0.2) is 96.7 Å². The van der Waals surface area contributed by atoms with Gasteiger partial charge in [-0.1, -0.05) is 375 Å². The van der Waals surface area contributed by atoms with Gasteiger partial charge in [0.05, 0.1) is 26.4 Å². The zero-order valence-corrected chi connectivity index (χ0v) is 67.3. The molecule has 0 rings (SSSR count). The van der Waals surface area contributed by atoms with E-state index in [0.29, 0.717) is 25.7 Å². The summed E-state index contributed by atoms with van der Waals surface area (Å²) < 4.78 is 68.7. The van der Waals surface area contributed by atoms with Crippen molar-refractivity contribution in [1.82, 2.24) is 0 Å². The van der Waals surface area contributed by atoms with Crippen molar-refractivity contribution < 1.29 is 80.2 Å². The minimum absolute atomic E-state index is 0.107. The number of ether oxygens (including phenoxy) is 4. The molecule has 0 aromatic rings. The van der Waals surface area contributed by atoms with Crippen LogP contribution >= 0.6 is 15.6 Å². The van der Waals surface area contributed by atoms with E-state index in [1.54, 1.807) is 0 Å². The molecule has 0 aliphatic heterocycles. The molecule has 3 N–H and O–H groups in total. The normalized spacial score (nSPS) is 13.9. The van der Waals surface area contributed by atoms with Crippen molar-refractivity contribution >= 4 is 39.5 Å². The van der Waals surface area contributed by atoms with E-state index in [1.807, 2.05) is 0 Å². The molecule has 0 aliphatic rings. The van der Waals surface area contributed by atoms with Crippen LogP contribution in [0.2, 0.25) is 0 Å². The number of carbonyl (C=O) groups is 4. The Morgan fingerprint density at radius 3 is 0.680 bits per heavy atom. The fraction of sp³-hybridized carbons (Fsp3) is 0.951. The van der Waals surface area contributed by atoms with Gasteiger partial charge in [-0.2, -0.15) is 0 Å². The number of aliphatic hydroxyl groups is 1. The maximum absolute atomic E-state index is 13.1. The SMILES string of the molecule is CCCCCCCCCCCCCCCCCCCC(=O)OC[C@H](COP(=O)(O)OC[C@@H](O)COP(=O)(O)OC[C@@H](COC(=O)CCCCCCCCCCCCC)OC(=O)CCCCCCCCCCCCCC(C)C)OC(=O)CCCCCCCCCCCCCCCCCC(C)C. The number of hydrogen-bond donors (Lipinski definition) is 3. The van der Waals surface area contributed by atoms with E-state index < -0.39 is 97.5 Å². The monoisotopic (exact) mass is 1470 g/mol. The van der Waals surface area contributed by atoms with Crippen molar-refractivity contribution in [2.45, 2.75) is 445 Å². The highest BCUT2D eigenvalue weighted by molar-refractivity contribution is 7.47. The summed E-state index contributed by atoms with van der Waals surface area (Å²) >= 11 is 0. The smallest absolute Gasteiger partial charge is 0.462 e. The molecule has 2 unspecified atom stereocenters. The zero-order valence-electron chi connectivity index (χ0n) is 65.5. The second-order valence-electron chi connectivity index (χ2n) is 30.1. The minimum atomic E-state index is -4.96. The summed E-state index contributed by atoms with van der Waals surface area (Å²) in [4.78, 5) is 73.0. The van der Waals surface area contributed by atoms with Gasteiger partial charge in [0, 0.05) is 25.7 Å². The third kappa shape index (κ3) is 74.3. The lowest BCUT2D eigenvalue weighted by molar-refractivity contribution is -0.161. The highest BCUT2D eigenvalue weighted by Crippen LogP contribution is 2.45. The van der Waals surface area contributed by atoms with E-state index >= 15 is 0 Å². The van der Waals surface area contributed by atoms with Crippen molar-refractivity contribution in [3.05, 3.63) is 0 Å². The molecule has 0 spiro atoms. The van der Waals surface area contributed by atoms with E-state index in [9.17, 15) is 43.2 Å². The molecule has 17 nitrogen and oxygen atoms in total. The lowest BCUT2D eigenvalue weighted by Crippen LogP contribution is -2.30. The standard InChI is InChI=1S/C81H158O17P2/c1-7-9-11-13-15-17-19-20-21-22-25-28-34-40-46-52-58-64-79(84)92-70-77(97-80(85)65-59-53-47-41-35-29-26-23-24-27-32-37-43-49-55-61-73(3)4)72-96-100(89,90)94-68-75(82)67-93-99(87,88)95-71-76(69-91-78(83)63-57-51-45-39-31-18-16-14-12-10-8-2)98-81(86)66-60-54-48-42-36-30-33-38-44-50-56-62-74(5)6/h73-77,82H,7-72H2,1-6H3,(H,87,88)(H,89,90)/t75-,76+,77+/m0/s1.